The summed E-state index contributed by atoms with van der Waals surface area (Å²) in [6, 6.07) is 13.1. The molecule has 1 unspecified atom stereocenters. The molecule has 3 rings (SSSR count). The number of anilines is 2. The average molecular weight is 508 g/mol. The second kappa shape index (κ2) is 11.0. The van der Waals surface area contributed by atoms with E-state index < -0.39 is 33.9 Å². The molecular weight excluding hydrogens is 474 g/mol. The third-order valence-electron chi connectivity index (χ3n) is 6.42. The van der Waals surface area contributed by atoms with Crippen molar-refractivity contribution in [2.75, 3.05) is 30.1 Å². The molecule has 0 aliphatic carbocycles. The maximum Gasteiger partial charge on any atom is 0.336 e. The van der Waals surface area contributed by atoms with Crippen LogP contribution in [0.2, 0.25) is 0 Å². The quantitative estimate of drug-likeness (QED) is 0.444. The van der Waals surface area contributed by atoms with E-state index in [1.54, 1.807) is 6.07 Å². The number of rotatable bonds is 10. The smallest absolute Gasteiger partial charge is 0.336 e. The third-order valence-corrected chi connectivity index (χ3v) is 9.17. The number of benzene rings is 2. The van der Waals surface area contributed by atoms with E-state index in [4.69, 9.17) is 9.84 Å². The number of nitrogens with zero attached hydrogens (tertiary/aromatic N) is 1. The molecule has 0 fully saturated rings. The van der Waals surface area contributed by atoms with Crippen LogP contribution in [0.3, 0.4) is 0 Å². The van der Waals surface area contributed by atoms with Gasteiger partial charge in [0.05, 0.1) is 21.2 Å². The fourth-order valence-electron chi connectivity index (χ4n) is 4.38. The highest BCUT2D eigenvalue weighted by atomic mass is 32.2. The fourth-order valence-corrected chi connectivity index (χ4v) is 7.11. The number of unbranched alkanes of at least 4 members (excludes halogenated alkanes) is 1. The minimum atomic E-state index is -3.68. The Kier molecular flexibility index (Phi) is 8.54. The highest BCUT2D eigenvalue weighted by Crippen LogP contribution is 2.47. The number of hydrogen-bond donors (Lipinski definition) is 2. The molecule has 1 heterocycles. The van der Waals surface area contributed by atoms with Crippen LogP contribution < -0.4 is 9.64 Å². The Morgan fingerprint density at radius 3 is 2.53 bits per heavy atom. The van der Waals surface area contributed by atoms with E-state index in [0.29, 0.717) is 17.1 Å². The van der Waals surface area contributed by atoms with Gasteiger partial charge < -0.3 is 19.8 Å². The Hall–Kier alpha value is -2.23. The number of aliphatic hydroxyl groups is 1. The Morgan fingerprint density at radius 2 is 1.94 bits per heavy atom. The molecule has 186 valence electrons. The van der Waals surface area contributed by atoms with Gasteiger partial charge in [0.25, 0.3) is 0 Å². The highest BCUT2D eigenvalue weighted by Gasteiger charge is 2.42. The first kappa shape index (κ1) is 26.4. The Morgan fingerprint density at radius 1 is 1.24 bits per heavy atom. The van der Waals surface area contributed by atoms with Crippen LogP contribution in [0, 0.1) is 5.41 Å². The van der Waals surface area contributed by atoms with Gasteiger partial charge in [-0.1, -0.05) is 44.9 Å². The van der Waals surface area contributed by atoms with E-state index >= 15 is 0 Å². The van der Waals surface area contributed by atoms with Gasteiger partial charge in [0.2, 0.25) is 0 Å². The van der Waals surface area contributed by atoms with Gasteiger partial charge in [0.1, 0.15) is 12.4 Å². The van der Waals surface area contributed by atoms with Gasteiger partial charge in [-0.3, -0.25) is 0 Å². The van der Waals surface area contributed by atoms with Crippen LogP contribution in [0.25, 0.3) is 0 Å². The maximum absolute atomic E-state index is 13.8. The van der Waals surface area contributed by atoms with Crippen LogP contribution in [-0.4, -0.2) is 55.9 Å². The molecule has 0 aromatic heterocycles. The summed E-state index contributed by atoms with van der Waals surface area (Å²) in [5.74, 6) is -1.12. The molecule has 2 N–H and O–H groups in total. The standard InChI is InChI=1S/C25H33NO6S2/c1-4-6-12-25(5-2)16-26(18-10-8-7-9-11-18)19-13-22(33-3)21(32-15-20(27)24(28)29)14-23(19)34(30,31)17-25/h7-11,13-14,20,27H,4-6,12,15-17H2,1-3H3,(H,28,29)/t20?,25-/m0/s1. The molecule has 0 saturated heterocycles. The van der Waals surface area contributed by atoms with Crippen LogP contribution in [0.15, 0.2) is 52.3 Å². The lowest BCUT2D eigenvalue weighted by molar-refractivity contribution is -0.148. The number of carboxylic acid groups (broad SMARTS) is 1. The molecule has 0 radical (unpaired) electrons. The summed E-state index contributed by atoms with van der Waals surface area (Å²) in [6.45, 7) is 4.27. The summed E-state index contributed by atoms with van der Waals surface area (Å²) in [7, 11) is -3.68. The topological polar surface area (TPSA) is 104 Å². The monoisotopic (exact) mass is 507 g/mol. The van der Waals surface area contributed by atoms with Gasteiger partial charge in [-0.25, -0.2) is 13.2 Å². The SMILES string of the molecule is CCCC[C@@]1(CC)CN(c2ccccc2)c2cc(SC)c(OCC(O)C(=O)O)cc2S(=O)(=O)C1. The van der Waals surface area contributed by atoms with Crippen molar-refractivity contribution < 1.29 is 28.2 Å². The molecule has 34 heavy (non-hydrogen) atoms. The van der Waals surface area contributed by atoms with E-state index in [-0.39, 0.29) is 16.4 Å². The summed E-state index contributed by atoms with van der Waals surface area (Å²) in [6.07, 6.45) is 3.61. The Labute approximate surface area is 206 Å². The second-order valence-electron chi connectivity index (χ2n) is 8.77. The predicted molar refractivity (Wildman–Crippen MR) is 135 cm³/mol. The largest absolute Gasteiger partial charge is 0.489 e. The molecule has 2 aromatic carbocycles. The number of carboxylic acids is 1. The number of hydrogen-bond acceptors (Lipinski definition) is 7. The molecule has 1 aliphatic heterocycles. The second-order valence-corrected chi connectivity index (χ2v) is 11.6. The maximum atomic E-state index is 13.8. The van der Waals surface area contributed by atoms with Crippen molar-refractivity contribution in [2.45, 2.75) is 55.4 Å². The number of aliphatic hydroxyl groups excluding tert-OH is 1. The summed E-state index contributed by atoms with van der Waals surface area (Å²) < 4.78 is 33.1. The minimum absolute atomic E-state index is 0.0304. The average Bonchev–Trinajstić information content (AvgIpc) is 2.93. The molecule has 1 aliphatic rings. The Bertz CT molecular complexity index is 1110. The van der Waals surface area contributed by atoms with Crippen molar-refractivity contribution in [1.82, 2.24) is 0 Å². The number of para-hydroxylation sites is 1. The lowest BCUT2D eigenvalue weighted by atomic mass is 9.81. The molecule has 9 heteroatoms. The van der Waals surface area contributed by atoms with Crippen molar-refractivity contribution in [3.05, 3.63) is 42.5 Å². The van der Waals surface area contributed by atoms with E-state index in [1.807, 2.05) is 36.6 Å². The molecule has 0 bridgehead atoms. The van der Waals surface area contributed by atoms with Crippen LogP contribution in [0.4, 0.5) is 11.4 Å². The number of carbonyl (C=O) groups is 1. The van der Waals surface area contributed by atoms with Crippen molar-refractivity contribution in [2.24, 2.45) is 5.41 Å². The lowest BCUT2D eigenvalue weighted by Gasteiger charge is -2.36. The van der Waals surface area contributed by atoms with Crippen LogP contribution in [0.1, 0.15) is 39.5 Å². The first-order chi connectivity index (χ1) is 16.2. The van der Waals surface area contributed by atoms with Gasteiger partial charge in [-0.15, -0.1) is 11.8 Å². The van der Waals surface area contributed by atoms with Gasteiger partial charge in [0.15, 0.2) is 15.9 Å². The van der Waals surface area contributed by atoms with E-state index in [1.165, 1.54) is 17.8 Å². The first-order valence-corrected chi connectivity index (χ1v) is 14.3. The van der Waals surface area contributed by atoms with Crippen LogP contribution in [-0.2, 0) is 14.6 Å². The summed E-state index contributed by atoms with van der Waals surface area (Å²) in [5.41, 5.74) is 1.09. The Balaban J connectivity index is 2.18. The third kappa shape index (κ3) is 5.70. The van der Waals surface area contributed by atoms with Crippen molar-refractivity contribution in [3.63, 3.8) is 0 Å². The van der Waals surface area contributed by atoms with Gasteiger partial charge in [0, 0.05) is 23.7 Å². The zero-order chi connectivity index (χ0) is 24.9. The minimum Gasteiger partial charge on any atom is -0.489 e. The van der Waals surface area contributed by atoms with E-state index in [2.05, 4.69) is 18.7 Å². The first-order valence-electron chi connectivity index (χ1n) is 11.5. The van der Waals surface area contributed by atoms with Crippen molar-refractivity contribution >= 4 is 38.9 Å². The number of aliphatic carboxylic acids is 1. The van der Waals surface area contributed by atoms with Crippen LogP contribution >= 0.6 is 11.8 Å². The van der Waals surface area contributed by atoms with Gasteiger partial charge >= 0.3 is 5.97 Å². The van der Waals surface area contributed by atoms with Crippen LogP contribution in [0.5, 0.6) is 5.75 Å². The van der Waals surface area contributed by atoms with Gasteiger partial charge in [-0.2, -0.15) is 0 Å². The predicted octanol–water partition coefficient (Wildman–Crippen LogP) is 4.74. The molecule has 2 atom stereocenters. The molecule has 0 amide bonds. The molecule has 2 aromatic rings. The lowest BCUT2D eigenvalue weighted by Crippen LogP contribution is -2.37. The fraction of sp³-hybridized carbons (Fsp3) is 0.480. The number of fused-ring (bicyclic) bond motifs is 1. The zero-order valence-electron chi connectivity index (χ0n) is 19.9. The number of sulfone groups is 1. The molecule has 7 nitrogen and oxygen atoms in total. The summed E-state index contributed by atoms with van der Waals surface area (Å²) >= 11 is 1.38. The highest BCUT2D eigenvalue weighted by molar-refractivity contribution is 7.98. The zero-order valence-corrected chi connectivity index (χ0v) is 21.5. The molecule has 0 spiro atoms. The molecule has 0 saturated carbocycles. The summed E-state index contributed by atoms with van der Waals surface area (Å²) in [5, 5.41) is 18.6. The number of thioether (sulfide) groups is 1. The summed E-state index contributed by atoms with van der Waals surface area (Å²) in [4.78, 5) is 13.9. The van der Waals surface area contributed by atoms with E-state index in [9.17, 15) is 18.3 Å². The van der Waals surface area contributed by atoms with E-state index in [0.717, 1.165) is 31.4 Å². The van der Waals surface area contributed by atoms with Crippen molar-refractivity contribution in [3.8, 4) is 5.75 Å². The normalized spacial score (nSPS) is 20.3. The molecular formula is C25H33NO6S2. The number of ether oxygens (including phenoxy) is 1. The van der Waals surface area contributed by atoms with Crippen molar-refractivity contribution in [1.29, 1.82) is 0 Å². The van der Waals surface area contributed by atoms with Gasteiger partial charge in [-0.05, 0) is 37.3 Å².